The molecule has 1 saturated heterocycles. The van der Waals surface area contributed by atoms with E-state index < -0.39 is 0 Å². The van der Waals surface area contributed by atoms with Gasteiger partial charge in [0, 0.05) is 17.8 Å². The van der Waals surface area contributed by atoms with Crippen LogP contribution in [0.3, 0.4) is 0 Å². The molecule has 1 fully saturated rings. The molecule has 1 unspecified atom stereocenters. The summed E-state index contributed by atoms with van der Waals surface area (Å²) in [5, 5.41) is 4.57. The summed E-state index contributed by atoms with van der Waals surface area (Å²) in [7, 11) is 0. The SMILES string of the molecule is CC(CN=C1NC(C)(C)CS1)C(C)(C)C. The van der Waals surface area contributed by atoms with Gasteiger partial charge in [-0.2, -0.15) is 0 Å². The van der Waals surface area contributed by atoms with Gasteiger partial charge in [0.05, 0.1) is 0 Å². The summed E-state index contributed by atoms with van der Waals surface area (Å²) in [6.07, 6.45) is 0. The first-order chi connectivity index (χ1) is 6.71. The zero-order valence-electron chi connectivity index (χ0n) is 10.8. The summed E-state index contributed by atoms with van der Waals surface area (Å²) in [5.74, 6) is 1.74. The summed E-state index contributed by atoms with van der Waals surface area (Å²) < 4.78 is 0. The van der Waals surface area contributed by atoms with E-state index >= 15 is 0 Å². The Balaban J connectivity index is 2.47. The quantitative estimate of drug-likeness (QED) is 0.785. The molecule has 0 aromatic rings. The number of rotatable bonds is 2. The van der Waals surface area contributed by atoms with Crippen LogP contribution in [0, 0.1) is 11.3 Å². The Bertz CT molecular complexity index is 251. The zero-order valence-corrected chi connectivity index (χ0v) is 11.7. The fourth-order valence-corrected chi connectivity index (χ4v) is 2.27. The maximum Gasteiger partial charge on any atom is 0.157 e. The lowest BCUT2D eigenvalue weighted by molar-refractivity contribution is 0.269. The lowest BCUT2D eigenvalue weighted by Gasteiger charge is -2.25. The van der Waals surface area contributed by atoms with E-state index in [0.29, 0.717) is 11.3 Å². The minimum atomic E-state index is 0.217. The Kier molecular flexibility index (Phi) is 3.75. The van der Waals surface area contributed by atoms with E-state index in [-0.39, 0.29) is 5.54 Å². The summed E-state index contributed by atoms with van der Waals surface area (Å²) in [6, 6.07) is 0. The monoisotopic (exact) mass is 228 g/mol. The first-order valence-electron chi connectivity index (χ1n) is 5.66. The molecule has 1 N–H and O–H groups in total. The predicted molar refractivity (Wildman–Crippen MR) is 70.6 cm³/mol. The molecule has 1 aliphatic heterocycles. The van der Waals surface area contributed by atoms with Crippen LogP contribution in [0.2, 0.25) is 0 Å². The highest BCUT2D eigenvalue weighted by Gasteiger charge is 2.27. The van der Waals surface area contributed by atoms with Crippen LogP contribution in [-0.2, 0) is 0 Å². The molecule has 0 aromatic heterocycles. The van der Waals surface area contributed by atoms with Crippen LogP contribution in [0.4, 0.5) is 0 Å². The normalized spacial score (nSPS) is 25.3. The van der Waals surface area contributed by atoms with E-state index in [9.17, 15) is 0 Å². The number of hydrogen-bond acceptors (Lipinski definition) is 2. The molecular formula is C12H24N2S. The van der Waals surface area contributed by atoms with Crippen molar-refractivity contribution in [2.45, 2.75) is 47.1 Å². The van der Waals surface area contributed by atoms with E-state index in [1.165, 1.54) is 0 Å². The van der Waals surface area contributed by atoms with Gasteiger partial charge in [-0.05, 0) is 25.2 Å². The van der Waals surface area contributed by atoms with Gasteiger partial charge < -0.3 is 5.32 Å². The van der Waals surface area contributed by atoms with Crippen LogP contribution in [0.25, 0.3) is 0 Å². The molecule has 2 nitrogen and oxygen atoms in total. The lowest BCUT2D eigenvalue weighted by Crippen LogP contribution is -2.37. The van der Waals surface area contributed by atoms with E-state index in [1.54, 1.807) is 0 Å². The summed E-state index contributed by atoms with van der Waals surface area (Å²) in [4.78, 5) is 4.65. The van der Waals surface area contributed by atoms with E-state index in [4.69, 9.17) is 0 Å². The van der Waals surface area contributed by atoms with Crippen molar-refractivity contribution in [2.75, 3.05) is 12.3 Å². The molecule has 3 heteroatoms. The third-order valence-corrected chi connectivity index (χ3v) is 4.37. The second-order valence-corrected chi connectivity index (χ2v) is 7.17. The molecule has 0 aromatic carbocycles. The molecule has 1 aliphatic rings. The van der Waals surface area contributed by atoms with Crippen molar-refractivity contribution in [1.29, 1.82) is 0 Å². The van der Waals surface area contributed by atoms with E-state index in [2.05, 4.69) is 51.9 Å². The molecule has 0 spiro atoms. The Morgan fingerprint density at radius 3 is 2.47 bits per heavy atom. The fourth-order valence-electron chi connectivity index (χ4n) is 1.19. The van der Waals surface area contributed by atoms with Gasteiger partial charge in [-0.1, -0.05) is 39.5 Å². The average Bonchev–Trinajstić information content (AvgIpc) is 2.39. The van der Waals surface area contributed by atoms with Crippen molar-refractivity contribution in [3.05, 3.63) is 0 Å². The number of nitrogens with one attached hydrogen (secondary N) is 1. The van der Waals surface area contributed by atoms with Gasteiger partial charge in [0.2, 0.25) is 0 Å². The maximum atomic E-state index is 4.65. The topological polar surface area (TPSA) is 24.4 Å². The standard InChI is InChI=1S/C12H24N2S/c1-9(11(2,3)4)7-13-10-14-12(5,6)8-15-10/h9H,7-8H2,1-6H3,(H,13,14). The number of thioether (sulfide) groups is 1. The highest BCUT2D eigenvalue weighted by atomic mass is 32.2. The molecule has 0 saturated carbocycles. The van der Waals surface area contributed by atoms with Gasteiger partial charge in [0.25, 0.3) is 0 Å². The van der Waals surface area contributed by atoms with E-state index in [1.807, 2.05) is 11.8 Å². The van der Waals surface area contributed by atoms with Crippen LogP contribution in [0.5, 0.6) is 0 Å². The number of hydrogen-bond donors (Lipinski definition) is 1. The van der Waals surface area contributed by atoms with Crippen molar-refractivity contribution in [3.8, 4) is 0 Å². The Labute approximate surface area is 98.3 Å². The molecule has 0 aliphatic carbocycles. The number of aliphatic imine (C=N–C) groups is 1. The molecule has 0 bridgehead atoms. The molecule has 1 atom stereocenters. The van der Waals surface area contributed by atoms with Gasteiger partial charge >= 0.3 is 0 Å². The van der Waals surface area contributed by atoms with Gasteiger partial charge in [0.1, 0.15) is 0 Å². The van der Waals surface area contributed by atoms with Gasteiger partial charge in [0.15, 0.2) is 5.17 Å². The van der Waals surface area contributed by atoms with Gasteiger partial charge in [-0.15, -0.1) is 0 Å². The Morgan fingerprint density at radius 1 is 1.47 bits per heavy atom. The second kappa shape index (κ2) is 4.36. The van der Waals surface area contributed by atoms with Crippen molar-refractivity contribution < 1.29 is 0 Å². The van der Waals surface area contributed by atoms with Crippen LogP contribution in [0.15, 0.2) is 4.99 Å². The fraction of sp³-hybridized carbons (Fsp3) is 0.917. The third-order valence-electron chi connectivity index (χ3n) is 3.00. The molecule has 88 valence electrons. The first kappa shape index (κ1) is 12.9. The first-order valence-corrected chi connectivity index (χ1v) is 6.65. The van der Waals surface area contributed by atoms with Crippen molar-refractivity contribution >= 4 is 16.9 Å². The average molecular weight is 228 g/mol. The minimum absolute atomic E-state index is 0.217. The van der Waals surface area contributed by atoms with Crippen molar-refractivity contribution in [1.82, 2.24) is 5.32 Å². The highest BCUT2D eigenvalue weighted by Crippen LogP contribution is 2.27. The number of nitrogens with zero attached hydrogens (tertiary/aromatic N) is 1. The zero-order chi connectivity index (χ0) is 11.7. The maximum absolute atomic E-state index is 4.65. The van der Waals surface area contributed by atoms with Crippen LogP contribution in [-0.4, -0.2) is 23.0 Å². The second-order valence-electron chi connectivity index (χ2n) is 6.21. The van der Waals surface area contributed by atoms with Gasteiger partial charge in [-0.25, -0.2) is 0 Å². The molecule has 0 amide bonds. The predicted octanol–water partition coefficient (Wildman–Crippen LogP) is 3.14. The number of amidine groups is 1. The molecule has 0 radical (unpaired) electrons. The molecule has 15 heavy (non-hydrogen) atoms. The van der Waals surface area contributed by atoms with Crippen LogP contribution in [0.1, 0.15) is 41.5 Å². The smallest absolute Gasteiger partial charge is 0.157 e. The third kappa shape index (κ3) is 4.06. The van der Waals surface area contributed by atoms with Crippen LogP contribution < -0.4 is 5.32 Å². The summed E-state index contributed by atoms with van der Waals surface area (Å²) in [5.41, 5.74) is 0.567. The van der Waals surface area contributed by atoms with Crippen LogP contribution >= 0.6 is 11.8 Å². The van der Waals surface area contributed by atoms with Crippen molar-refractivity contribution in [3.63, 3.8) is 0 Å². The summed E-state index contributed by atoms with van der Waals surface area (Å²) in [6.45, 7) is 14.5. The molecule has 1 rings (SSSR count). The van der Waals surface area contributed by atoms with E-state index in [0.717, 1.165) is 17.5 Å². The molecule has 1 heterocycles. The van der Waals surface area contributed by atoms with Crippen molar-refractivity contribution in [2.24, 2.45) is 16.3 Å². The largest absolute Gasteiger partial charge is 0.359 e. The Morgan fingerprint density at radius 2 is 2.07 bits per heavy atom. The molecular weight excluding hydrogens is 204 g/mol. The highest BCUT2D eigenvalue weighted by molar-refractivity contribution is 8.14. The summed E-state index contributed by atoms with van der Waals surface area (Å²) >= 11 is 1.84. The van der Waals surface area contributed by atoms with Gasteiger partial charge in [-0.3, -0.25) is 4.99 Å². The Hall–Kier alpha value is -0.180. The lowest BCUT2D eigenvalue weighted by atomic mass is 9.82. The minimum Gasteiger partial charge on any atom is -0.359 e.